The van der Waals surface area contributed by atoms with Crippen LogP contribution in [0.25, 0.3) is 0 Å². The first-order valence-electron chi connectivity index (χ1n) is 9.25. The Morgan fingerprint density at radius 1 is 1.33 bits per heavy atom. The smallest absolute Gasteiger partial charge is 0.330 e. The highest BCUT2D eigenvalue weighted by molar-refractivity contribution is 9.10. The molecule has 158 valence electrons. The standard InChI is InChI=1S/C20H20BrFN4O4/c1-2-3-8-25-17(23)16(18(27)24-20(25)29)26(11-13-5-4-9-30-13)19(28)14-7-6-12(21)10-15(14)22/h4-7,9-10H,2-3,8,11,23H2,1H3,(H,24,27,29). The molecule has 3 rings (SSSR count). The van der Waals surface area contributed by atoms with Crippen LogP contribution >= 0.6 is 15.9 Å². The van der Waals surface area contributed by atoms with Gasteiger partial charge in [-0.25, -0.2) is 9.18 Å². The van der Waals surface area contributed by atoms with E-state index in [0.717, 1.165) is 17.4 Å². The maximum atomic E-state index is 14.5. The molecule has 1 aromatic carbocycles. The zero-order valence-corrected chi connectivity index (χ0v) is 17.7. The Kier molecular flexibility index (Phi) is 6.56. The van der Waals surface area contributed by atoms with Crippen molar-refractivity contribution in [3.63, 3.8) is 0 Å². The number of rotatable bonds is 7. The lowest BCUT2D eigenvalue weighted by Gasteiger charge is -2.24. The largest absolute Gasteiger partial charge is 0.467 e. The van der Waals surface area contributed by atoms with Crippen LogP contribution in [-0.2, 0) is 13.1 Å². The minimum absolute atomic E-state index is 0.172. The first-order valence-corrected chi connectivity index (χ1v) is 10.0. The second kappa shape index (κ2) is 9.12. The Hall–Kier alpha value is -3.14. The molecule has 2 aromatic heterocycles. The van der Waals surface area contributed by atoms with Crippen molar-refractivity contribution in [2.75, 3.05) is 10.6 Å². The second-order valence-corrected chi connectivity index (χ2v) is 7.51. The Labute approximate surface area is 179 Å². The fourth-order valence-corrected chi connectivity index (χ4v) is 3.33. The van der Waals surface area contributed by atoms with Gasteiger partial charge in [-0.2, -0.15) is 0 Å². The molecular formula is C20H20BrFN4O4. The highest BCUT2D eigenvalue weighted by Gasteiger charge is 2.28. The van der Waals surface area contributed by atoms with Crippen LogP contribution in [0.15, 0.2) is 55.1 Å². The number of aromatic amines is 1. The van der Waals surface area contributed by atoms with Gasteiger partial charge in [-0.3, -0.25) is 24.0 Å². The maximum absolute atomic E-state index is 14.5. The molecule has 3 N–H and O–H groups in total. The molecule has 0 fully saturated rings. The van der Waals surface area contributed by atoms with Gasteiger partial charge < -0.3 is 10.2 Å². The number of aromatic nitrogens is 2. The zero-order valence-electron chi connectivity index (χ0n) is 16.2. The molecule has 0 aliphatic heterocycles. The zero-order chi connectivity index (χ0) is 21.8. The van der Waals surface area contributed by atoms with Gasteiger partial charge in [0.2, 0.25) is 0 Å². The maximum Gasteiger partial charge on any atom is 0.330 e. The lowest BCUT2D eigenvalue weighted by atomic mass is 10.1. The van der Waals surface area contributed by atoms with E-state index in [-0.39, 0.29) is 30.2 Å². The van der Waals surface area contributed by atoms with Crippen LogP contribution in [-0.4, -0.2) is 15.5 Å². The monoisotopic (exact) mass is 478 g/mol. The van der Waals surface area contributed by atoms with E-state index in [0.29, 0.717) is 16.7 Å². The molecule has 0 aliphatic rings. The number of hydrogen-bond donors (Lipinski definition) is 2. The van der Waals surface area contributed by atoms with Crippen molar-refractivity contribution >= 4 is 33.3 Å². The third-order valence-electron chi connectivity index (χ3n) is 4.52. The number of anilines is 2. The normalized spacial score (nSPS) is 10.9. The molecule has 0 atom stereocenters. The molecule has 3 aromatic rings. The van der Waals surface area contributed by atoms with E-state index < -0.39 is 23.0 Å². The first-order chi connectivity index (χ1) is 14.3. The van der Waals surface area contributed by atoms with Gasteiger partial charge in [-0.15, -0.1) is 0 Å². The average molecular weight is 479 g/mol. The molecule has 0 aliphatic carbocycles. The van der Waals surface area contributed by atoms with E-state index in [9.17, 15) is 18.8 Å². The summed E-state index contributed by atoms with van der Waals surface area (Å²) in [7, 11) is 0. The fourth-order valence-electron chi connectivity index (χ4n) is 3.00. The number of furan rings is 1. The predicted octanol–water partition coefficient (Wildman–Crippen LogP) is 3.26. The summed E-state index contributed by atoms with van der Waals surface area (Å²) in [6.07, 6.45) is 2.84. The predicted molar refractivity (Wildman–Crippen MR) is 114 cm³/mol. The van der Waals surface area contributed by atoms with Gasteiger partial charge in [0.05, 0.1) is 18.4 Å². The summed E-state index contributed by atoms with van der Waals surface area (Å²) in [6, 6.07) is 7.18. The summed E-state index contributed by atoms with van der Waals surface area (Å²) >= 11 is 3.15. The van der Waals surface area contributed by atoms with Gasteiger partial charge >= 0.3 is 5.69 Å². The highest BCUT2D eigenvalue weighted by Crippen LogP contribution is 2.24. The van der Waals surface area contributed by atoms with E-state index in [1.807, 2.05) is 6.92 Å². The van der Waals surface area contributed by atoms with Crippen LogP contribution < -0.4 is 21.9 Å². The van der Waals surface area contributed by atoms with Crippen LogP contribution in [0.1, 0.15) is 35.9 Å². The van der Waals surface area contributed by atoms with Crippen LogP contribution in [0.3, 0.4) is 0 Å². The average Bonchev–Trinajstić information content (AvgIpc) is 3.19. The molecule has 0 saturated carbocycles. The van der Waals surface area contributed by atoms with E-state index in [4.69, 9.17) is 10.2 Å². The lowest BCUT2D eigenvalue weighted by molar-refractivity contribution is 0.0979. The lowest BCUT2D eigenvalue weighted by Crippen LogP contribution is -2.41. The number of nitrogen functional groups attached to an aromatic ring is 1. The second-order valence-electron chi connectivity index (χ2n) is 6.59. The third kappa shape index (κ3) is 4.38. The van der Waals surface area contributed by atoms with Crippen LogP contribution in [0.5, 0.6) is 0 Å². The van der Waals surface area contributed by atoms with Crippen molar-refractivity contribution in [3.05, 3.63) is 79.0 Å². The number of nitrogens with one attached hydrogen (secondary N) is 1. The van der Waals surface area contributed by atoms with Gasteiger partial charge in [-0.1, -0.05) is 29.3 Å². The first kappa shape index (κ1) is 21.6. The van der Waals surface area contributed by atoms with Gasteiger partial charge in [0.15, 0.2) is 5.69 Å². The molecular weight excluding hydrogens is 459 g/mol. The Bertz CT molecular complexity index is 1170. The summed E-state index contributed by atoms with van der Waals surface area (Å²) in [5.41, 5.74) is 4.14. The van der Waals surface area contributed by atoms with Crippen molar-refractivity contribution in [1.29, 1.82) is 0 Å². The van der Waals surface area contributed by atoms with Crippen LogP contribution in [0.2, 0.25) is 0 Å². The Balaban J connectivity index is 2.17. The summed E-state index contributed by atoms with van der Waals surface area (Å²) in [6.45, 7) is 2.03. The van der Waals surface area contributed by atoms with Crippen LogP contribution in [0.4, 0.5) is 15.9 Å². The van der Waals surface area contributed by atoms with E-state index in [1.165, 1.54) is 23.0 Å². The molecule has 0 saturated heterocycles. The quantitative estimate of drug-likeness (QED) is 0.540. The number of unbranched alkanes of at least 4 members (excludes halogenated alkanes) is 1. The Morgan fingerprint density at radius 3 is 2.73 bits per heavy atom. The van der Waals surface area contributed by atoms with Crippen molar-refractivity contribution in [2.24, 2.45) is 0 Å². The topological polar surface area (TPSA) is 114 Å². The minimum Gasteiger partial charge on any atom is -0.467 e. The SMILES string of the molecule is CCCCn1c(N)c(N(Cc2ccco2)C(=O)c2ccc(Br)cc2F)c(=O)[nH]c1=O. The summed E-state index contributed by atoms with van der Waals surface area (Å²) in [4.78, 5) is 41.3. The van der Waals surface area contributed by atoms with Gasteiger partial charge in [0.25, 0.3) is 11.5 Å². The molecule has 0 unspecified atom stereocenters. The molecule has 8 nitrogen and oxygen atoms in total. The molecule has 0 bridgehead atoms. The molecule has 0 radical (unpaired) electrons. The number of H-pyrrole nitrogens is 1. The van der Waals surface area contributed by atoms with Crippen molar-refractivity contribution in [3.8, 4) is 0 Å². The van der Waals surface area contributed by atoms with Gasteiger partial charge in [-0.05, 0) is 36.8 Å². The minimum atomic E-state index is -0.845. The highest BCUT2D eigenvalue weighted by atomic mass is 79.9. The fraction of sp³-hybridized carbons (Fsp3) is 0.250. The number of hydrogen-bond acceptors (Lipinski definition) is 5. The van der Waals surface area contributed by atoms with E-state index in [2.05, 4.69) is 20.9 Å². The number of halogens is 2. The molecule has 1 amide bonds. The van der Waals surface area contributed by atoms with Crippen LogP contribution in [0, 0.1) is 5.82 Å². The molecule has 30 heavy (non-hydrogen) atoms. The number of amides is 1. The number of carbonyl (C=O) groups excluding carboxylic acids is 1. The summed E-state index contributed by atoms with van der Waals surface area (Å²) < 4.78 is 21.4. The number of benzene rings is 1. The third-order valence-corrected chi connectivity index (χ3v) is 5.01. The summed E-state index contributed by atoms with van der Waals surface area (Å²) in [5, 5.41) is 0. The Morgan fingerprint density at radius 2 is 2.10 bits per heavy atom. The van der Waals surface area contributed by atoms with E-state index >= 15 is 0 Å². The van der Waals surface area contributed by atoms with Gasteiger partial charge in [0.1, 0.15) is 17.4 Å². The number of nitrogens with zero attached hydrogens (tertiary/aromatic N) is 2. The summed E-state index contributed by atoms with van der Waals surface area (Å²) in [5.74, 6) is -1.39. The molecule has 2 heterocycles. The number of nitrogens with two attached hydrogens (primary N) is 1. The van der Waals surface area contributed by atoms with E-state index in [1.54, 1.807) is 12.1 Å². The van der Waals surface area contributed by atoms with Gasteiger partial charge in [0, 0.05) is 11.0 Å². The van der Waals surface area contributed by atoms with Crippen molar-refractivity contribution < 1.29 is 13.6 Å². The molecule has 10 heteroatoms. The van der Waals surface area contributed by atoms with Crippen molar-refractivity contribution in [2.45, 2.75) is 32.9 Å². The van der Waals surface area contributed by atoms with Crippen molar-refractivity contribution in [1.82, 2.24) is 9.55 Å². The number of carbonyl (C=O) groups is 1. The molecule has 0 spiro atoms.